The van der Waals surface area contributed by atoms with E-state index in [0.717, 1.165) is 38.3 Å². The Bertz CT molecular complexity index is 437. The van der Waals surface area contributed by atoms with Gasteiger partial charge in [-0.15, -0.1) is 0 Å². The lowest BCUT2D eigenvalue weighted by Gasteiger charge is -2.28. The highest BCUT2D eigenvalue weighted by molar-refractivity contribution is 5.43. The Morgan fingerprint density at radius 1 is 1.32 bits per heavy atom. The van der Waals surface area contributed by atoms with Crippen LogP contribution in [0.3, 0.4) is 0 Å². The third-order valence-electron chi connectivity index (χ3n) is 3.55. The Kier molecular flexibility index (Phi) is 5.39. The molecule has 0 bridgehead atoms. The SMILES string of the molecule is CCNCCCn1ncc(N2CCCCC2)cc1=O. The average Bonchev–Trinajstić information content (AvgIpc) is 2.46. The number of aryl methyl sites for hydroxylation is 1. The smallest absolute Gasteiger partial charge is 0.268 e. The molecule has 0 radical (unpaired) electrons. The van der Waals surface area contributed by atoms with Gasteiger partial charge in [-0.3, -0.25) is 4.79 Å². The van der Waals surface area contributed by atoms with Crippen molar-refractivity contribution in [1.29, 1.82) is 0 Å². The molecule has 1 aliphatic rings. The van der Waals surface area contributed by atoms with Crippen molar-refractivity contribution in [1.82, 2.24) is 15.1 Å². The van der Waals surface area contributed by atoms with Crippen LogP contribution >= 0.6 is 0 Å². The van der Waals surface area contributed by atoms with Crippen LogP contribution in [0.1, 0.15) is 32.6 Å². The first-order valence-electron chi connectivity index (χ1n) is 7.34. The van der Waals surface area contributed by atoms with E-state index in [2.05, 4.69) is 22.2 Å². The first-order valence-corrected chi connectivity index (χ1v) is 7.34. The monoisotopic (exact) mass is 264 g/mol. The summed E-state index contributed by atoms with van der Waals surface area (Å²) in [6.45, 7) is 6.76. The van der Waals surface area contributed by atoms with Crippen LogP contribution < -0.4 is 15.8 Å². The quantitative estimate of drug-likeness (QED) is 0.785. The van der Waals surface area contributed by atoms with Gasteiger partial charge in [0.2, 0.25) is 0 Å². The standard InChI is InChI=1S/C14H24N4O/c1-2-15-7-6-10-18-14(19)11-13(12-16-18)17-8-4-3-5-9-17/h11-12,15H,2-10H2,1H3. The minimum absolute atomic E-state index is 0.0135. The van der Waals surface area contributed by atoms with E-state index in [1.54, 1.807) is 10.7 Å². The fraction of sp³-hybridized carbons (Fsp3) is 0.714. The minimum Gasteiger partial charge on any atom is -0.370 e. The maximum atomic E-state index is 12.0. The van der Waals surface area contributed by atoms with Crippen LogP contribution in [0.15, 0.2) is 17.1 Å². The molecule has 0 aromatic carbocycles. The molecule has 0 saturated carbocycles. The molecule has 1 aliphatic heterocycles. The number of hydrogen-bond donors (Lipinski definition) is 1. The van der Waals surface area contributed by atoms with Gasteiger partial charge >= 0.3 is 0 Å². The normalized spacial score (nSPS) is 15.7. The van der Waals surface area contributed by atoms with Crippen LogP contribution in [0.2, 0.25) is 0 Å². The first kappa shape index (κ1) is 14.1. The number of hydrogen-bond acceptors (Lipinski definition) is 4. The predicted molar refractivity (Wildman–Crippen MR) is 77.7 cm³/mol. The van der Waals surface area contributed by atoms with Gasteiger partial charge < -0.3 is 10.2 Å². The van der Waals surface area contributed by atoms with E-state index in [-0.39, 0.29) is 5.56 Å². The molecule has 0 amide bonds. The molecule has 1 aromatic heterocycles. The Hall–Kier alpha value is -1.36. The van der Waals surface area contributed by atoms with E-state index in [0.29, 0.717) is 6.54 Å². The van der Waals surface area contributed by atoms with E-state index in [9.17, 15) is 4.79 Å². The fourth-order valence-corrected chi connectivity index (χ4v) is 2.45. The molecular formula is C14H24N4O. The molecule has 1 fully saturated rings. The summed E-state index contributed by atoms with van der Waals surface area (Å²) in [5.41, 5.74) is 0.993. The maximum absolute atomic E-state index is 12.0. The van der Waals surface area contributed by atoms with E-state index in [4.69, 9.17) is 0 Å². The van der Waals surface area contributed by atoms with Gasteiger partial charge in [-0.25, -0.2) is 4.68 Å². The molecule has 0 unspecified atom stereocenters. The van der Waals surface area contributed by atoms with Gasteiger partial charge in [0.15, 0.2) is 0 Å². The third kappa shape index (κ3) is 4.06. The zero-order valence-corrected chi connectivity index (χ0v) is 11.8. The van der Waals surface area contributed by atoms with Crippen molar-refractivity contribution in [3.05, 3.63) is 22.6 Å². The third-order valence-corrected chi connectivity index (χ3v) is 3.55. The molecule has 1 N–H and O–H groups in total. The number of nitrogens with zero attached hydrogens (tertiary/aromatic N) is 3. The summed E-state index contributed by atoms with van der Waals surface area (Å²) >= 11 is 0. The van der Waals surface area contributed by atoms with Crippen molar-refractivity contribution in [2.75, 3.05) is 31.1 Å². The highest BCUT2D eigenvalue weighted by atomic mass is 16.1. The summed E-state index contributed by atoms with van der Waals surface area (Å²) in [4.78, 5) is 14.3. The topological polar surface area (TPSA) is 50.2 Å². The number of aromatic nitrogens is 2. The maximum Gasteiger partial charge on any atom is 0.268 e. The van der Waals surface area contributed by atoms with Crippen molar-refractivity contribution in [3.8, 4) is 0 Å². The van der Waals surface area contributed by atoms with E-state index < -0.39 is 0 Å². The highest BCUT2D eigenvalue weighted by Gasteiger charge is 2.12. The molecule has 106 valence electrons. The Balaban J connectivity index is 1.94. The van der Waals surface area contributed by atoms with Crippen molar-refractivity contribution < 1.29 is 0 Å². The summed E-state index contributed by atoms with van der Waals surface area (Å²) in [6.07, 6.45) is 6.49. The predicted octanol–water partition coefficient (Wildman–Crippen LogP) is 1.23. The summed E-state index contributed by atoms with van der Waals surface area (Å²) in [5.74, 6) is 0. The van der Waals surface area contributed by atoms with Gasteiger partial charge in [0.1, 0.15) is 0 Å². The molecule has 19 heavy (non-hydrogen) atoms. The lowest BCUT2D eigenvalue weighted by atomic mass is 10.1. The molecule has 5 heteroatoms. The van der Waals surface area contributed by atoms with Crippen molar-refractivity contribution in [2.45, 2.75) is 39.2 Å². The van der Waals surface area contributed by atoms with Gasteiger partial charge in [0.25, 0.3) is 5.56 Å². The molecule has 0 atom stereocenters. The van der Waals surface area contributed by atoms with Crippen molar-refractivity contribution in [2.24, 2.45) is 0 Å². The lowest BCUT2D eigenvalue weighted by molar-refractivity contribution is 0.524. The largest absolute Gasteiger partial charge is 0.370 e. The van der Waals surface area contributed by atoms with Crippen LogP contribution in [-0.2, 0) is 6.54 Å². The van der Waals surface area contributed by atoms with Crippen LogP contribution in [0.25, 0.3) is 0 Å². The molecule has 2 heterocycles. The molecule has 5 nitrogen and oxygen atoms in total. The molecule has 0 aliphatic carbocycles. The van der Waals surface area contributed by atoms with Crippen LogP contribution in [0.5, 0.6) is 0 Å². The van der Waals surface area contributed by atoms with Crippen LogP contribution in [-0.4, -0.2) is 36.0 Å². The Morgan fingerprint density at radius 2 is 2.11 bits per heavy atom. The summed E-state index contributed by atoms with van der Waals surface area (Å²) < 4.78 is 1.56. The Morgan fingerprint density at radius 3 is 2.79 bits per heavy atom. The number of rotatable bonds is 6. The molecule has 1 saturated heterocycles. The zero-order valence-electron chi connectivity index (χ0n) is 11.8. The van der Waals surface area contributed by atoms with Crippen molar-refractivity contribution >= 4 is 5.69 Å². The Labute approximate surface area is 114 Å². The van der Waals surface area contributed by atoms with Gasteiger partial charge in [-0.05, 0) is 38.8 Å². The summed E-state index contributed by atoms with van der Waals surface area (Å²) in [5, 5.41) is 7.54. The summed E-state index contributed by atoms with van der Waals surface area (Å²) in [7, 11) is 0. The summed E-state index contributed by atoms with van der Waals surface area (Å²) in [6, 6.07) is 1.73. The van der Waals surface area contributed by atoms with E-state index >= 15 is 0 Å². The van der Waals surface area contributed by atoms with E-state index in [1.165, 1.54) is 19.3 Å². The van der Waals surface area contributed by atoms with E-state index in [1.807, 2.05) is 6.20 Å². The van der Waals surface area contributed by atoms with Gasteiger partial charge in [-0.2, -0.15) is 5.10 Å². The molecular weight excluding hydrogens is 240 g/mol. The number of piperidine rings is 1. The lowest BCUT2D eigenvalue weighted by Crippen LogP contribution is -2.32. The number of anilines is 1. The van der Waals surface area contributed by atoms with Crippen LogP contribution in [0.4, 0.5) is 5.69 Å². The fourth-order valence-electron chi connectivity index (χ4n) is 2.45. The second kappa shape index (κ2) is 7.28. The van der Waals surface area contributed by atoms with Crippen LogP contribution in [0, 0.1) is 0 Å². The first-order chi connectivity index (χ1) is 9.31. The zero-order chi connectivity index (χ0) is 13.5. The highest BCUT2D eigenvalue weighted by Crippen LogP contribution is 2.16. The van der Waals surface area contributed by atoms with Gasteiger partial charge in [-0.1, -0.05) is 6.92 Å². The second-order valence-electron chi connectivity index (χ2n) is 5.03. The van der Waals surface area contributed by atoms with Gasteiger partial charge in [0, 0.05) is 25.7 Å². The van der Waals surface area contributed by atoms with Crippen molar-refractivity contribution in [3.63, 3.8) is 0 Å². The molecule has 1 aromatic rings. The second-order valence-corrected chi connectivity index (χ2v) is 5.03. The number of nitrogens with one attached hydrogen (secondary N) is 1. The molecule has 0 spiro atoms. The minimum atomic E-state index is 0.0135. The average molecular weight is 264 g/mol. The molecule has 2 rings (SSSR count). The van der Waals surface area contributed by atoms with Gasteiger partial charge in [0.05, 0.1) is 11.9 Å².